The van der Waals surface area contributed by atoms with E-state index in [4.69, 9.17) is 4.74 Å². The van der Waals surface area contributed by atoms with E-state index in [0.29, 0.717) is 19.4 Å². The molecule has 2 atom stereocenters. The van der Waals surface area contributed by atoms with E-state index < -0.39 is 12.1 Å². The van der Waals surface area contributed by atoms with Crippen LogP contribution in [0.5, 0.6) is 0 Å². The lowest BCUT2D eigenvalue weighted by Gasteiger charge is -2.20. The molecule has 64 heavy (non-hydrogen) atoms. The lowest BCUT2D eigenvalue weighted by molar-refractivity contribution is -0.143. The summed E-state index contributed by atoms with van der Waals surface area (Å²) in [6, 6.07) is -0.631. The molecule has 0 aliphatic rings. The summed E-state index contributed by atoms with van der Waals surface area (Å²) < 4.78 is 5.49. The van der Waals surface area contributed by atoms with Gasteiger partial charge in [0.1, 0.15) is 0 Å². The van der Waals surface area contributed by atoms with Gasteiger partial charge in [-0.25, -0.2) is 0 Å². The normalized spacial score (nSPS) is 12.8. The number of carbonyl (C=O) groups excluding carboxylic acids is 2. The number of unbranched alkanes of at least 4 members (excludes halogenated alkanes) is 40. The van der Waals surface area contributed by atoms with Gasteiger partial charge in [0.25, 0.3) is 0 Å². The number of allylic oxidation sites excluding steroid dienone is 3. The van der Waals surface area contributed by atoms with Gasteiger partial charge in [0.05, 0.1) is 25.4 Å². The Morgan fingerprint density at radius 3 is 1.11 bits per heavy atom. The van der Waals surface area contributed by atoms with Crippen LogP contribution < -0.4 is 5.32 Å². The third kappa shape index (κ3) is 49.8. The van der Waals surface area contributed by atoms with E-state index in [1.807, 2.05) is 6.08 Å². The molecular formula is C58H111NO5. The van der Waals surface area contributed by atoms with Gasteiger partial charge in [-0.15, -0.1) is 0 Å². The van der Waals surface area contributed by atoms with Gasteiger partial charge in [-0.3, -0.25) is 9.59 Å². The largest absolute Gasteiger partial charge is 0.466 e. The van der Waals surface area contributed by atoms with E-state index in [0.717, 1.165) is 44.9 Å². The van der Waals surface area contributed by atoms with Crippen LogP contribution in [-0.4, -0.2) is 47.4 Å². The van der Waals surface area contributed by atoms with Crippen LogP contribution >= 0.6 is 0 Å². The first-order valence-corrected chi connectivity index (χ1v) is 28.6. The van der Waals surface area contributed by atoms with E-state index in [9.17, 15) is 19.8 Å². The molecule has 0 bridgehead atoms. The van der Waals surface area contributed by atoms with Gasteiger partial charge in [0, 0.05) is 12.8 Å². The third-order valence-corrected chi connectivity index (χ3v) is 13.2. The highest BCUT2D eigenvalue weighted by atomic mass is 16.5. The Kier molecular flexibility index (Phi) is 52.6. The highest BCUT2D eigenvalue weighted by Gasteiger charge is 2.18. The minimum Gasteiger partial charge on any atom is -0.466 e. The number of aliphatic hydroxyl groups excluding tert-OH is 2. The van der Waals surface area contributed by atoms with Crippen LogP contribution in [0.3, 0.4) is 0 Å². The second kappa shape index (κ2) is 54.0. The van der Waals surface area contributed by atoms with Gasteiger partial charge in [-0.1, -0.05) is 263 Å². The number of ether oxygens (including phenoxy) is 1. The maximum absolute atomic E-state index is 12.4. The van der Waals surface area contributed by atoms with Crippen molar-refractivity contribution in [3.05, 3.63) is 24.3 Å². The van der Waals surface area contributed by atoms with Crippen molar-refractivity contribution in [3.8, 4) is 0 Å². The average molecular weight is 903 g/mol. The van der Waals surface area contributed by atoms with Crippen molar-refractivity contribution in [2.45, 2.75) is 321 Å². The molecule has 0 saturated heterocycles. The fourth-order valence-electron chi connectivity index (χ4n) is 8.81. The monoisotopic (exact) mass is 902 g/mol. The van der Waals surface area contributed by atoms with Gasteiger partial charge >= 0.3 is 5.97 Å². The Labute approximate surface area is 399 Å². The molecular weight excluding hydrogens is 791 g/mol. The van der Waals surface area contributed by atoms with E-state index in [2.05, 4.69) is 31.3 Å². The molecule has 0 aromatic heterocycles. The van der Waals surface area contributed by atoms with Gasteiger partial charge in [-0.2, -0.15) is 0 Å². The van der Waals surface area contributed by atoms with Crippen LogP contribution in [0.4, 0.5) is 0 Å². The minimum absolute atomic E-state index is 0.00153. The first kappa shape index (κ1) is 62.3. The Morgan fingerprint density at radius 2 is 0.734 bits per heavy atom. The van der Waals surface area contributed by atoms with E-state index in [1.54, 1.807) is 6.08 Å². The number of nitrogens with one attached hydrogen (secondary N) is 1. The fraction of sp³-hybridized carbons (Fsp3) is 0.897. The fourth-order valence-corrected chi connectivity index (χ4v) is 8.81. The van der Waals surface area contributed by atoms with Crippen molar-refractivity contribution >= 4 is 11.9 Å². The van der Waals surface area contributed by atoms with E-state index in [-0.39, 0.29) is 18.5 Å². The molecule has 0 saturated carbocycles. The molecule has 6 heteroatoms. The molecule has 1 amide bonds. The summed E-state index contributed by atoms with van der Waals surface area (Å²) >= 11 is 0. The average Bonchev–Trinajstić information content (AvgIpc) is 3.29. The van der Waals surface area contributed by atoms with Gasteiger partial charge in [0.15, 0.2) is 0 Å². The van der Waals surface area contributed by atoms with Gasteiger partial charge in [0.2, 0.25) is 5.91 Å². The molecule has 0 aliphatic heterocycles. The summed E-state index contributed by atoms with van der Waals surface area (Å²) in [6.07, 6.45) is 64.8. The maximum Gasteiger partial charge on any atom is 0.305 e. The first-order valence-electron chi connectivity index (χ1n) is 28.6. The predicted octanol–water partition coefficient (Wildman–Crippen LogP) is 17.5. The molecule has 6 nitrogen and oxygen atoms in total. The molecule has 0 spiro atoms. The zero-order valence-electron chi connectivity index (χ0n) is 43.0. The van der Waals surface area contributed by atoms with Crippen molar-refractivity contribution in [2.75, 3.05) is 13.2 Å². The molecule has 0 aliphatic carbocycles. The molecule has 3 N–H and O–H groups in total. The van der Waals surface area contributed by atoms with Crippen LogP contribution in [0.25, 0.3) is 0 Å². The van der Waals surface area contributed by atoms with Crippen LogP contribution in [0.1, 0.15) is 309 Å². The molecule has 0 aromatic carbocycles. The minimum atomic E-state index is -0.847. The molecule has 0 rings (SSSR count). The standard InChI is InChI=1S/C58H111NO5/c1-3-5-7-9-11-13-15-17-18-19-22-25-28-32-36-40-44-48-52-58(63)64-53-49-45-41-37-33-29-26-23-20-21-24-27-31-35-39-43-47-51-57(62)59-55(54-60)56(61)50-46-42-38-34-30-16-14-12-10-8-6-4-2/h18-19,46,50,55-56,60-61H,3-17,20-45,47-49,51-54H2,1-2H3,(H,59,62)/b19-18-,50-46+. The van der Waals surface area contributed by atoms with Crippen molar-refractivity contribution < 1.29 is 24.5 Å². The van der Waals surface area contributed by atoms with Crippen molar-refractivity contribution in [1.29, 1.82) is 0 Å². The van der Waals surface area contributed by atoms with Crippen LogP contribution in [0.15, 0.2) is 24.3 Å². The van der Waals surface area contributed by atoms with Crippen molar-refractivity contribution in [1.82, 2.24) is 5.32 Å². The second-order valence-corrected chi connectivity index (χ2v) is 19.6. The van der Waals surface area contributed by atoms with Crippen LogP contribution in [0, 0.1) is 0 Å². The van der Waals surface area contributed by atoms with Crippen LogP contribution in [0.2, 0.25) is 0 Å². The highest BCUT2D eigenvalue weighted by molar-refractivity contribution is 5.76. The molecule has 0 radical (unpaired) electrons. The summed E-state index contributed by atoms with van der Waals surface area (Å²) in [5, 5.41) is 23.0. The van der Waals surface area contributed by atoms with Crippen molar-refractivity contribution in [2.24, 2.45) is 0 Å². The summed E-state index contributed by atoms with van der Waals surface area (Å²) in [6.45, 7) is 4.89. The number of carbonyl (C=O) groups is 2. The molecule has 0 fully saturated rings. The Balaban J connectivity index is 3.41. The predicted molar refractivity (Wildman–Crippen MR) is 278 cm³/mol. The maximum atomic E-state index is 12.4. The lowest BCUT2D eigenvalue weighted by atomic mass is 10.0. The summed E-state index contributed by atoms with van der Waals surface area (Å²) in [4.78, 5) is 24.5. The highest BCUT2D eigenvalue weighted by Crippen LogP contribution is 2.17. The summed E-state index contributed by atoms with van der Waals surface area (Å²) in [7, 11) is 0. The molecule has 2 unspecified atom stereocenters. The van der Waals surface area contributed by atoms with Gasteiger partial charge in [-0.05, 0) is 57.8 Å². The zero-order valence-corrected chi connectivity index (χ0v) is 43.0. The number of esters is 1. The first-order chi connectivity index (χ1) is 31.5. The smallest absolute Gasteiger partial charge is 0.305 e. The summed E-state index contributed by atoms with van der Waals surface area (Å²) in [5.41, 5.74) is 0. The second-order valence-electron chi connectivity index (χ2n) is 19.6. The Hall–Kier alpha value is -1.66. The molecule has 0 heterocycles. The van der Waals surface area contributed by atoms with E-state index >= 15 is 0 Å². The third-order valence-electron chi connectivity index (χ3n) is 13.2. The van der Waals surface area contributed by atoms with Crippen LogP contribution in [-0.2, 0) is 14.3 Å². The van der Waals surface area contributed by atoms with Crippen molar-refractivity contribution in [3.63, 3.8) is 0 Å². The SMILES string of the molecule is CCCCCCCCC/C=C\CCCCCCCCCC(=O)OCCCCCCCCCCCCCCCCCCCC(=O)NC(CO)C(O)/C=C/CCCCCCCCCCCC. The number of aliphatic hydroxyl groups is 2. The zero-order chi connectivity index (χ0) is 46.5. The molecule has 0 aromatic rings. The number of amides is 1. The number of rotatable bonds is 53. The lowest BCUT2D eigenvalue weighted by Crippen LogP contribution is -2.45. The van der Waals surface area contributed by atoms with Gasteiger partial charge < -0.3 is 20.3 Å². The summed E-state index contributed by atoms with van der Waals surface area (Å²) in [5.74, 6) is -0.0720. The number of hydrogen-bond donors (Lipinski definition) is 3. The Morgan fingerprint density at radius 1 is 0.422 bits per heavy atom. The van der Waals surface area contributed by atoms with E-state index in [1.165, 1.54) is 238 Å². The topological polar surface area (TPSA) is 95.9 Å². The molecule has 378 valence electrons. The number of hydrogen-bond acceptors (Lipinski definition) is 5. The Bertz CT molecular complexity index is 997. The quantitative estimate of drug-likeness (QED) is 0.0321.